The van der Waals surface area contributed by atoms with Crippen LogP contribution in [-0.2, 0) is 14.6 Å². The summed E-state index contributed by atoms with van der Waals surface area (Å²) in [6.45, 7) is 0.618. The summed E-state index contributed by atoms with van der Waals surface area (Å²) in [5, 5.41) is 9.26. The van der Waals surface area contributed by atoms with Crippen LogP contribution in [0.5, 0.6) is 0 Å². The first-order valence-electron chi connectivity index (χ1n) is 7.38. The van der Waals surface area contributed by atoms with E-state index in [1.807, 2.05) is 0 Å². The van der Waals surface area contributed by atoms with Crippen molar-refractivity contribution in [3.05, 3.63) is 34.9 Å². The molecule has 1 aromatic rings. The van der Waals surface area contributed by atoms with Gasteiger partial charge in [-0.15, -0.1) is 0 Å². The topological polar surface area (TPSA) is 83.9 Å². The molecule has 0 bridgehead atoms. The maximum absolute atomic E-state index is 12.7. The van der Waals surface area contributed by atoms with E-state index in [4.69, 9.17) is 21.4 Å². The monoisotopic (exact) mass is 361 g/mol. The van der Waals surface area contributed by atoms with Crippen molar-refractivity contribution in [2.45, 2.75) is 12.5 Å². The average Bonchev–Trinajstić information content (AvgIpc) is 2.87. The van der Waals surface area contributed by atoms with E-state index >= 15 is 0 Å². The third-order valence-corrected chi connectivity index (χ3v) is 5.72. The van der Waals surface area contributed by atoms with Crippen molar-refractivity contribution in [1.29, 1.82) is 0 Å². The number of sulfone groups is 1. The number of halogens is 1. The van der Waals surface area contributed by atoms with Crippen LogP contribution in [0.1, 0.15) is 16.8 Å². The summed E-state index contributed by atoms with van der Waals surface area (Å²) in [6, 6.07) is 6.15. The second-order valence-corrected chi connectivity index (χ2v) is 8.06. The van der Waals surface area contributed by atoms with Crippen LogP contribution >= 0.6 is 11.6 Å². The summed E-state index contributed by atoms with van der Waals surface area (Å²) in [4.78, 5) is 14.2. The van der Waals surface area contributed by atoms with Crippen LogP contribution in [0.3, 0.4) is 0 Å². The minimum atomic E-state index is -3.09. The number of amides is 1. The van der Waals surface area contributed by atoms with Gasteiger partial charge < -0.3 is 14.7 Å². The van der Waals surface area contributed by atoms with Crippen LogP contribution in [0.25, 0.3) is 0 Å². The fourth-order valence-corrected chi connectivity index (χ4v) is 4.42. The fraction of sp³-hybridized carbons (Fsp3) is 0.533. The second kappa shape index (κ2) is 8.10. The molecule has 1 heterocycles. The number of aliphatic hydroxyl groups excluding tert-OH is 1. The molecule has 1 aromatic carbocycles. The van der Waals surface area contributed by atoms with Gasteiger partial charge in [-0.3, -0.25) is 4.79 Å². The van der Waals surface area contributed by atoms with Gasteiger partial charge in [-0.25, -0.2) is 8.42 Å². The fourth-order valence-electron chi connectivity index (χ4n) is 2.56. The van der Waals surface area contributed by atoms with E-state index in [1.165, 1.54) is 0 Å². The van der Waals surface area contributed by atoms with E-state index in [0.717, 1.165) is 0 Å². The standard InChI is InChI=1S/C15H20ClNO5S/c16-13-3-1-12(2-4-13)15(19)17(6-8-22-9-7-18)14-5-10-23(20,21)11-14/h1-4,14,18H,5-11H2. The van der Waals surface area contributed by atoms with E-state index in [9.17, 15) is 13.2 Å². The maximum atomic E-state index is 12.7. The van der Waals surface area contributed by atoms with Gasteiger partial charge in [-0.1, -0.05) is 11.6 Å². The van der Waals surface area contributed by atoms with Crippen molar-refractivity contribution >= 4 is 27.3 Å². The number of rotatable bonds is 7. The van der Waals surface area contributed by atoms with Crippen LogP contribution < -0.4 is 0 Å². The first kappa shape index (κ1) is 18.2. The molecule has 0 aliphatic carbocycles. The van der Waals surface area contributed by atoms with E-state index in [0.29, 0.717) is 17.0 Å². The highest BCUT2D eigenvalue weighted by Gasteiger charge is 2.34. The lowest BCUT2D eigenvalue weighted by molar-refractivity contribution is 0.0496. The molecule has 1 aliphatic heterocycles. The smallest absolute Gasteiger partial charge is 0.254 e. The van der Waals surface area contributed by atoms with Crippen LogP contribution in [0.2, 0.25) is 5.02 Å². The van der Waals surface area contributed by atoms with Gasteiger partial charge in [0.05, 0.1) is 31.3 Å². The number of nitrogens with zero attached hydrogens (tertiary/aromatic N) is 1. The Morgan fingerprint density at radius 1 is 1.30 bits per heavy atom. The highest BCUT2D eigenvalue weighted by atomic mass is 35.5. The molecule has 1 N–H and O–H groups in total. The molecule has 0 spiro atoms. The quantitative estimate of drug-likeness (QED) is 0.732. The molecule has 1 fully saturated rings. The van der Waals surface area contributed by atoms with Gasteiger partial charge in [0.1, 0.15) is 0 Å². The molecular formula is C15H20ClNO5S. The minimum absolute atomic E-state index is 0.0215. The van der Waals surface area contributed by atoms with E-state index < -0.39 is 9.84 Å². The Kier molecular flexibility index (Phi) is 6.41. The highest BCUT2D eigenvalue weighted by Crippen LogP contribution is 2.20. The molecule has 1 aliphatic rings. The van der Waals surface area contributed by atoms with E-state index in [2.05, 4.69) is 0 Å². The van der Waals surface area contributed by atoms with Gasteiger partial charge >= 0.3 is 0 Å². The van der Waals surface area contributed by atoms with Gasteiger partial charge in [0.15, 0.2) is 9.84 Å². The Balaban J connectivity index is 2.11. The van der Waals surface area contributed by atoms with Gasteiger partial charge in [0.2, 0.25) is 0 Å². The molecular weight excluding hydrogens is 342 g/mol. The number of ether oxygens (including phenoxy) is 1. The first-order valence-corrected chi connectivity index (χ1v) is 9.58. The number of carbonyl (C=O) groups is 1. The van der Waals surface area contributed by atoms with Gasteiger partial charge in [0, 0.05) is 23.2 Å². The Bertz CT molecular complexity index is 632. The average molecular weight is 362 g/mol. The molecule has 0 saturated carbocycles. The minimum Gasteiger partial charge on any atom is -0.394 e. The predicted molar refractivity (Wildman–Crippen MR) is 87.5 cm³/mol. The van der Waals surface area contributed by atoms with Crippen LogP contribution in [-0.4, -0.2) is 68.2 Å². The number of hydrogen-bond acceptors (Lipinski definition) is 5. The van der Waals surface area contributed by atoms with Crippen molar-refractivity contribution in [1.82, 2.24) is 4.90 Å². The summed E-state index contributed by atoms with van der Waals surface area (Å²) in [7, 11) is -3.09. The zero-order valence-electron chi connectivity index (χ0n) is 12.7. The predicted octanol–water partition coefficient (Wildman–Crippen LogP) is 0.978. The van der Waals surface area contributed by atoms with Crippen LogP contribution in [0.4, 0.5) is 0 Å². The summed E-state index contributed by atoms with van der Waals surface area (Å²) < 4.78 is 28.6. The molecule has 1 unspecified atom stereocenters. The Labute approximate surface area is 140 Å². The molecule has 1 atom stereocenters. The zero-order valence-corrected chi connectivity index (χ0v) is 14.2. The lowest BCUT2D eigenvalue weighted by Crippen LogP contribution is -2.43. The number of hydrogen-bond donors (Lipinski definition) is 1. The van der Waals surface area contributed by atoms with Crippen molar-refractivity contribution in [2.75, 3.05) is 37.9 Å². The van der Waals surface area contributed by atoms with E-state index in [-0.39, 0.29) is 49.8 Å². The molecule has 0 aromatic heterocycles. The number of aliphatic hydroxyl groups is 1. The largest absolute Gasteiger partial charge is 0.394 e. The third-order valence-electron chi connectivity index (χ3n) is 3.71. The molecule has 23 heavy (non-hydrogen) atoms. The summed E-state index contributed by atoms with van der Waals surface area (Å²) in [6.07, 6.45) is 0.432. The van der Waals surface area contributed by atoms with Crippen molar-refractivity contribution < 1.29 is 23.1 Å². The van der Waals surface area contributed by atoms with E-state index in [1.54, 1.807) is 29.2 Å². The molecule has 6 nitrogen and oxygen atoms in total. The highest BCUT2D eigenvalue weighted by molar-refractivity contribution is 7.91. The summed E-state index contributed by atoms with van der Waals surface area (Å²) >= 11 is 5.83. The normalized spacial score (nSPS) is 19.7. The number of carbonyl (C=O) groups excluding carboxylic acids is 1. The maximum Gasteiger partial charge on any atom is 0.254 e. The first-order chi connectivity index (χ1) is 10.9. The van der Waals surface area contributed by atoms with Crippen molar-refractivity contribution in [3.8, 4) is 0 Å². The van der Waals surface area contributed by atoms with Gasteiger partial charge in [0.25, 0.3) is 5.91 Å². The molecule has 1 saturated heterocycles. The number of benzene rings is 1. The van der Waals surface area contributed by atoms with Crippen LogP contribution in [0, 0.1) is 0 Å². The summed E-state index contributed by atoms with van der Waals surface area (Å²) in [5.41, 5.74) is 0.459. The lowest BCUT2D eigenvalue weighted by atomic mass is 10.1. The van der Waals surface area contributed by atoms with Crippen molar-refractivity contribution in [3.63, 3.8) is 0 Å². The SMILES string of the molecule is O=C(c1ccc(Cl)cc1)N(CCOCCO)C1CCS(=O)(=O)C1. The molecule has 2 rings (SSSR count). The van der Waals surface area contributed by atoms with Crippen LogP contribution in [0.15, 0.2) is 24.3 Å². The third kappa shape index (κ3) is 5.17. The Morgan fingerprint density at radius 2 is 2.00 bits per heavy atom. The second-order valence-electron chi connectivity index (χ2n) is 5.40. The molecule has 1 amide bonds. The zero-order chi connectivity index (χ0) is 16.9. The molecule has 8 heteroatoms. The molecule has 0 radical (unpaired) electrons. The van der Waals surface area contributed by atoms with Gasteiger partial charge in [-0.2, -0.15) is 0 Å². The molecule has 128 valence electrons. The lowest BCUT2D eigenvalue weighted by Gasteiger charge is -2.28. The van der Waals surface area contributed by atoms with Crippen molar-refractivity contribution in [2.24, 2.45) is 0 Å². The summed E-state index contributed by atoms with van der Waals surface area (Å²) in [5.74, 6) is -0.164. The Morgan fingerprint density at radius 3 is 2.57 bits per heavy atom. The Hall–Kier alpha value is -1.15. The van der Waals surface area contributed by atoms with Gasteiger partial charge in [-0.05, 0) is 30.7 Å².